The number of fused-ring (bicyclic) bond motifs is 1. The van der Waals surface area contributed by atoms with Gasteiger partial charge in [0.1, 0.15) is 6.54 Å². The molecule has 0 saturated carbocycles. The van der Waals surface area contributed by atoms with E-state index in [1.807, 2.05) is 0 Å². The molecular formula is C15H15F3N2O4. The number of aromatic nitrogens is 1. The quantitative estimate of drug-likeness (QED) is 0.896. The van der Waals surface area contributed by atoms with Crippen molar-refractivity contribution in [2.45, 2.75) is 31.2 Å². The first-order valence-electron chi connectivity index (χ1n) is 7.36. The second-order valence-electron chi connectivity index (χ2n) is 5.83. The normalized spacial score (nSPS) is 18.1. The summed E-state index contributed by atoms with van der Waals surface area (Å²) in [5.41, 5.74) is -1.98. The van der Waals surface area contributed by atoms with Gasteiger partial charge in [-0.3, -0.25) is 9.36 Å². The van der Waals surface area contributed by atoms with Crippen LogP contribution in [-0.2, 0) is 11.3 Å². The highest BCUT2D eigenvalue weighted by atomic mass is 19.4. The van der Waals surface area contributed by atoms with Gasteiger partial charge in [0.25, 0.3) is 0 Å². The summed E-state index contributed by atoms with van der Waals surface area (Å²) < 4.78 is 44.5. The Kier molecular flexibility index (Phi) is 3.90. The first kappa shape index (κ1) is 16.6. The Morgan fingerprint density at radius 3 is 2.50 bits per heavy atom. The molecule has 1 amide bonds. The van der Waals surface area contributed by atoms with Gasteiger partial charge in [-0.1, -0.05) is 12.1 Å². The number of halogens is 3. The molecule has 1 aliphatic rings. The smallest absolute Gasteiger partial charge is 0.408 e. The summed E-state index contributed by atoms with van der Waals surface area (Å²) in [5.74, 6) is -1.19. The van der Waals surface area contributed by atoms with E-state index in [0.717, 1.165) is 4.57 Å². The van der Waals surface area contributed by atoms with Crippen molar-refractivity contribution in [3.8, 4) is 0 Å². The van der Waals surface area contributed by atoms with Crippen LogP contribution >= 0.6 is 0 Å². The van der Waals surface area contributed by atoms with Crippen LogP contribution in [0, 0.1) is 0 Å². The molecule has 130 valence electrons. The minimum atomic E-state index is -4.72. The van der Waals surface area contributed by atoms with Crippen molar-refractivity contribution in [1.82, 2.24) is 9.47 Å². The number of likely N-dealkylation sites (tertiary alicyclic amines) is 1. The summed E-state index contributed by atoms with van der Waals surface area (Å²) >= 11 is 0. The zero-order valence-corrected chi connectivity index (χ0v) is 12.5. The number of nitrogens with zero attached hydrogens (tertiary/aromatic N) is 2. The maximum atomic E-state index is 12.8. The first-order valence-corrected chi connectivity index (χ1v) is 7.36. The van der Waals surface area contributed by atoms with E-state index in [1.54, 1.807) is 24.3 Å². The molecule has 1 saturated heterocycles. The van der Waals surface area contributed by atoms with Crippen molar-refractivity contribution >= 4 is 17.0 Å². The van der Waals surface area contributed by atoms with E-state index in [4.69, 9.17) is 4.42 Å². The highest BCUT2D eigenvalue weighted by Gasteiger charge is 2.54. The maximum Gasteiger partial charge on any atom is 0.420 e. The lowest BCUT2D eigenvalue weighted by Crippen LogP contribution is -2.54. The Morgan fingerprint density at radius 1 is 1.25 bits per heavy atom. The molecule has 0 radical (unpaired) electrons. The number of piperidine rings is 1. The summed E-state index contributed by atoms with van der Waals surface area (Å²) in [6.45, 7) is -0.765. The molecule has 1 aromatic carbocycles. The number of hydrogen-bond donors (Lipinski definition) is 1. The third kappa shape index (κ3) is 2.79. The highest BCUT2D eigenvalue weighted by molar-refractivity contribution is 5.79. The van der Waals surface area contributed by atoms with Crippen LogP contribution in [0.5, 0.6) is 0 Å². The van der Waals surface area contributed by atoms with Crippen molar-refractivity contribution < 1.29 is 27.5 Å². The van der Waals surface area contributed by atoms with Crippen molar-refractivity contribution in [3.05, 3.63) is 34.8 Å². The molecule has 0 unspecified atom stereocenters. The zero-order chi connectivity index (χ0) is 17.5. The van der Waals surface area contributed by atoms with E-state index in [0.29, 0.717) is 11.1 Å². The second-order valence-corrected chi connectivity index (χ2v) is 5.83. The Morgan fingerprint density at radius 2 is 1.88 bits per heavy atom. The predicted octanol–water partition coefficient (Wildman–Crippen LogP) is 1.51. The van der Waals surface area contributed by atoms with Gasteiger partial charge in [0.05, 0.1) is 5.52 Å². The Labute approximate surface area is 134 Å². The van der Waals surface area contributed by atoms with Gasteiger partial charge >= 0.3 is 11.9 Å². The molecule has 2 heterocycles. The van der Waals surface area contributed by atoms with E-state index in [-0.39, 0.29) is 19.6 Å². The molecule has 2 aromatic rings. The molecule has 0 aliphatic carbocycles. The maximum absolute atomic E-state index is 12.8. The van der Waals surface area contributed by atoms with Crippen molar-refractivity contribution in [3.63, 3.8) is 0 Å². The minimum absolute atomic E-state index is 0.223. The molecule has 0 atom stereocenters. The lowest BCUT2D eigenvalue weighted by atomic mass is 9.91. The fourth-order valence-corrected chi connectivity index (χ4v) is 2.81. The van der Waals surface area contributed by atoms with Crippen LogP contribution in [0.2, 0.25) is 0 Å². The minimum Gasteiger partial charge on any atom is -0.408 e. The van der Waals surface area contributed by atoms with Gasteiger partial charge in [0, 0.05) is 25.9 Å². The summed E-state index contributed by atoms with van der Waals surface area (Å²) in [7, 11) is 0. The first-order chi connectivity index (χ1) is 11.2. The van der Waals surface area contributed by atoms with E-state index < -0.39 is 36.3 Å². The molecule has 9 heteroatoms. The second kappa shape index (κ2) is 5.66. The Balaban J connectivity index is 1.73. The zero-order valence-electron chi connectivity index (χ0n) is 12.5. The molecule has 1 aromatic heterocycles. The molecule has 0 spiro atoms. The van der Waals surface area contributed by atoms with Gasteiger partial charge in [-0.15, -0.1) is 0 Å². The number of carbonyl (C=O) groups is 1. The summed E-state index contributed by atoms with van der Waals surface area (Å²) in [6, 6.07) is 6.57. The molecular weight excluding hydrogens is 329 g/mol. The number of oxazole rings is 1. The largest absolute Gasteiger partial charge is 0.420 e. The number of rotatable bonds is 2. The lowest BCUT2D eigenvalue weighted by molar-refractivity contribution is -0.272. The molecule has 3 rings (SSSR count). The number of amides is 1. The number of aliphatic hydroxyl groups is 1. The van der Waals surface area contributed by atoms with Crippen LogP contribution in [0.3, 0.4) is 0 Å². The predicted molar refractivity (Wildman–Crippen MR) is 77.3 cm³/mol. The van der Waals surface area contributed by atoms with Crippen LogP contribution in [0.25, 0.3) is 11.1 Å². The number of benzene rings is 1. The molecule has 1 fully saturated rings. The van der Waals surface area contributed by atoms with E-state index >= 15 is 0 Å². The van der Waals surface area contributed by atoms with Crippen LogP contribution < -0.4 is 5.76 Å². The molecule has 1 N–H and O–H groups in total. The Hall–Kier alpha value is -2.29. The van der Waals surface area contributed by atoms with Gasteiger partial charge < -0.3 is 14.4 Å². The van der Waals surface area contributed by atoms with Crippen LogP contribution in [0.4, 0.5) is 13.2 Å². The average molecular weight is 344 g/mol. The molecule has 1 aliphatic heterocycles. The number of hydrogen-bond acceptors (Lipinski definition) is 4. The van der Waals surface area contributed by atoms with E-state index in [9.17, 15) is 27.9 Å². The highest BCUT2D eigenvalue weighted by Crippen LogP contribution is 2.38. The standard InChI is InChI=1S/C15H15F3N2O4/c16-15(17,18)14(23)5-7-19(8-6-14)12(21)9-20-10-3-1-2-4-11(10)24-13(20)22/h1-4,23H,5-9H2. The van der Waals surface area contributed by atoms with E-state index in [2.05, 4.69) is 0 Å². The topological polar surface area (TPSA) is 75.7 Å². The van der Waals surface area contributed by atoms with Gasteiger partial charge in [-0.05, 0) is 12.1 Å². The summed E-state index contributed by atoms with van der Waals surface area (Å²) in [6.07, 6.45) is -5.88. The van der Waals surface area contributed by atoms with Gasteiger partial charge in [0.2, 0.25) is 5.91 Å². The molecule has 24 heavy (non-hydrogen) atoms. The van der Waals surface area contributed by atoms with Crippen LogP contribution in [0.1, 0.15) is 12.8 Å². The monoisotopic (exact) mass is 344 g/mol. The summed E-state index contributed by atoms with van der Waals surface area (Å²) in [4.78, 5) is 25.3. The summed E-state index contributed by atoms with van der Waals surface area (Å²) in [5, 5.41) is 9.62. The number of alkyl halides is 3. The fourth-order valence-electron chi connectivity index (χ4n) is 2.81. The fraction of sp³-hybridized carbons (Fsp3) is 0.467. The van der Waals surface area contributed by atoms with Crippen LogP contribution in [-0.4, -0.2) is 45.3 Å². The van der Waals surface area contributed by atoms with Crippen molar-refractivity contribution in [1.29, 1.82) is 0 Å². The van der Waals surface area contributed by atoms with Crippen LogP contribution in [0.15, 0.2) is 33.5 Å². The van der Waals surface area contributed by atoms with Crippen molar-refractivity contribution in [2.75, 3.05) is 13.1 Å². The Bertz CT molecular complexity index is 816. The van der Waals surface area contributed by atoms with Gasteiger partial charge in [0.15, 0.2) is 11.2 Å². The third-order valence-corrected chi connectivity index (χ3v) is 4.34. The molecule has 0 bridgehead atoms. The number of para-hydroxylation sites is 2. The third-order valence-electron chi connectivity index (χ3n) is 4.34. The SMILES string of the molecule is O=C(Cn1c(=O)oc2ccccc21)N1CCC(O)(C(F)(F)F)CC1. The lowest BCUT2D eigenvalue weighted by Gasteiger charge is -2.39. The number of carbonyl (C=O) groups excluding carboxylic acids is 1. The van der Waals surface area contributed by atoms with Crippen molar-refractivity contribution in [2.24, 2.45) is 0 Å². The average Bonchev–Trinajstić information content (AvgIpc) is 2.83. The van der Waals surface area contributed by atoms with E-state index in [1.165, 1.54) is 4.90 Å². The molecule has 6 nitrogen and oxygen atoms in total. The van der Waals surface area contributed by atoms with Gasteiger partial charge in [-0.2, -0.15) is 13.2 Å². The van der Waals surface area contributed by atoms with Gasteiger partial charge in [-0.25, -0.2) is 4.79 Å².